The summed E-state index contributed by atoms with van der Waals surface area (Å²) in [5, 5.41) is 2.47. The van der Waals surface area contributed by atoms with Crippen molar-refractivity contribution in [2.24, 2.45) is 5.41 Å². The molecule has 0 bridgehead atoms. The Bertz CT molecular complexity index is 724. The van der Waals surface area contributed by atoms with Crippen LogP contribution in [0.1, 0.15) is 44.2 Å². The van der Waals surface area contributed by atoms with E-state index in [4.69, 9.17) is 4.74 Å². The fourth-order valence-corrected chi connectivity index (χ4v) is 4.68. The van der Waals surface area contributed by atoms with Gasteiger partial charge in [0.15, 0.2) is 0 Å². The second kappa shape index (κ2) is 9.11. The highest BCUT2D eigenvalue weighted by Gasteiger charge is 2.40. The van der Waals surface area contributed by atoms with E-state index >= 15 is 0 Å². The van der Waals surface area contributed by atoms with Crippen LogP contribution in [0.4, 0.5) is 5.69 Å². The minimum atomic E-state index is -0.0188. The third kappa shape index (κ3) is 5.83. The molecule has 152 valence electrons. The van der Waals surface area contributed by atoms with Crippen molar-refractivity contribution < 1.29 is 10.1 Å². The molecule has 0 unspecified atom stereocenters. The second-order valence-corrected chi connectivity index (χ2v) is 9.29. The van der Waals surface area contributed by atoms with E-state index < -0.39 is 0 Å². The van der Waals surface area contributed by atoms with Crippen molar-refractivity contribution in [3.8, 4) is 0 Å². The molecule has 1 aliphatic rings. The molecular weight excluding hydrogens is 344 g/mol. The van der Waals surface area contributed by atoms with Crippen molar-refractivity contribution in [3.05, 3.63) is 65.7 Å². The Morgan fingerprint density at radius 2 is 1.68 bits per heavy atom. The lowest BCUT2D eigenvalue weighted by molar-refractivity contribution is -0.672. The highest BCUT2D eigenvalue weighted by Crippen LogP contribution is 2.43. The summed E-state index contributed by atoms with van der Waals surface area (Å²) in [4.78, 5) is 2.15. The first-order valence-corrected chi connectivity index (χ1v) is 10.6. The molecule has 0 radical (unpaired) electrons. The van der Waals surface area contributed by atoms with Crippen LogP contribution in [0.15, 0.2) is 54.6 Å². The molecule has 0 saturated carbocycles. The van der Waals surface area contributed by atoms with E-state index in [2.05, 4.69) is 92.8 Å². The summed E-state index contributed by atoms with van der Waals surface area (Å²) in [6, 6.07) is 19.9. The van der Waals surface area contributed by atoms with Gasteiger partial charge in [0.05, 0.1) is 12.1 Å². The summed E-state index contributed by atoms with van der Waals surface area (Å²) in [5.74, 6) is 0. The number of ether oxygens (including phenoxy) is 1. The van der Waals surface area contributed by atoms with E-state index in [9.17, 15) is 0 Å². The molecule has 0 spiro atoms. The first kappa shape index (κ1) is 20.9. The molecule has 0 aliphatic carbocycles. The van der Waals surface area contributed by atoms with Crippen LogP contribution in [0.5, 0.6) is 0 Å². The van der Waals surface area contributed by atoms with E-state index in [-0.39, 0.29) is 5.60 Å². The lowest BCUT2D eigenvalue weighted by Crippen LogP contribution is -2.83. The summed E-state index contributed by atoms with van der Waals surface area (Å²) in [5.41, 5.74) is 4.44. The largest absolute Gasteiger partial charge is 0.378 e. The third-order valence-electron chi connectivity index (χ3n) is 6.06. The quantitative estimate of drug-likeness (QED) is 0.700. The summed E-state index contributed by atoms with van der Waals surface area (Å²) >= 11 is 0. The Morgan fingerprint density at radius 3 is 2.32 bits per heavy atom. The first-order chi connectivity index (χ1) is 13.4. The Labute approximate surface area is 171 Å². The number of anilines is 1. The molecule has 3 nitrogen and oxygen atoms in total. The number of rotatable bonds is 8. The molecule has 2 aromatic rings. The van der Waals surface area contributed by atoms with E-state index in [0.717, 1.165) is 32.4 Å². The van der Waals surface area contributed by atoms with Crippen molar-refractivity contribution in [2.75, 3.05) is 32.1 Å². The summed E-state index contributed by atoms with van der Waals surface area (Å²) in [6.07, 6.45) is 4.70. The maximum Gasteiger partial charge on any atom is 0.101 e. The van der Waals surface area contributed by atoms with Crippen LogP contribution in [0, 0.1) is 5.41 Å². The number of hydrogen-bond acceptors (Lipinski definition) is 2. The minimum absolute atomic E-state index is 0.0188. The van der Waals surface area contributed by atoms with E-state index in [1.807, 2.05) is 0 Å². The maximum absolute atomic E-state index is 6.05. The van der Waals surface area contributed by atoms with E-state index in [1.165, 1.54) is 29.8 Å². The lowest BCUT2D eigenvalue weighted by Gasteiger charge is -2.45. The number of benzene rings is 2. The summed E-state index contributed by atoms with van der Waals surface area (Å²) in [7, 11) is 4.17. The van der Waals surface area contributed by atoms with Crippen molar-refractivity contribution in [3.63, 3.8) is 0 Å². The molecule has 3 rings (SSSR count). The molecule has 0 amide bonds. The Balaban J connectivity index is 1.58. The standard InChI is InChI=1S/C25H36N2O/c1-24(2)20-25(15-17-28-24,18-21-8-6-5-7-9-21)14-16-26-19-22-10-12-23(13-11-22)27(3)4/h5-13,26H,14-20H2,1-4H3/p+1/t25-/m1/s1. The lowest BCUT2D eigenvalue weighted by atomic mass is 9.68. The fraction of sp³-hybridized carbons (Fsp3) is 0.520. The number of hydrogen-bond donors (Lipinski definition) is 1. The Kier molecular flexibility index (Phi) is 6.79. The van der Waals surface area contributed by atoms with Gasteiger partial charge >= 0.3 is 0 Å². The SMILES string of the molecule is CN(C)c1ccc(C[NH2+]CC[C@]2(Cc3ccccc3)CCOC(C)(C)C2)cc1. The van der Waals surface area contributed by atoms with Gasteiger partial charge in [0.25, 0.3) is 0 Å². The van der Waals surface area contributed by atoms with E-state index in [0.29, 0.717) is 5.41 Å². The summed E-state index contributed by atoms with van der Waals surface area (Å²) in [6.45, 7) is 7.60. The molecule has 28 heavy (non-hydrogen) atoms. The normalized spacial score (nSPS) is 21.4. The number of nitrogens with zero attached hydrogens (tertiary/aromatic N) is 1. The zero-order valence-corrected chi connectivity index (χ0v) is 18.1. The van der Waals surface area contributed by atoms with Gasteiger partial charge < -0.3 is 15.0 Å². The molecule has 1 saturated heterocycles. The molecular formula is C25H37N2O+. The van der Waals surface area contributed by atoms with Crippen molar-refractivity contribution >= 4 is 5.69 Å². The van der Waals surface area contributed by atoms with Gasteiger partial charge in [-0.1, -0.05) is 42.5 Å². The molecule has 1 fully saturated rings. The van der Waals surface area contributed by atoms with Crippen molar-refractivity contribution in [1.82, 2.24) is 0 Å². The van der Waals surface area contributed by atoms with Crippen LogP contribution in [-0.2, 0) is 17.7 Å². The van der Waals surface area contributed by atoms with Crippen LogP contribution in [0.25, 0.3) is 0 Å². The third-order valence-corrected chi connectivity index (χ3v) is 6.06. The molecule has 0 aromatic heterocycles. The van der Waals surface area contributed by atoms with E-state index in [1.54, 1.807) is 0 Å². The van der Waals surface area contributed by atoms with Crippen LogP contribution in [0.2, 0.25) is 0 Å². The van der Waals surface area contributed by atoms with Gasteiger partial charge in [0.1, 0.15) is 6.54 Å². The molecule has 3 heteroatoms. The molecule has 2 N–H and O–H groups in total. The molecule has 1 heterocycles. The summed E-state index contributed by atoms with van der Waals surface area (Å²) < 4.78 is 6.05. The highest BCUT2D eigenvalue weighted by molar-refractivity contribution is 5.45. The zero-order valence-electron chi connectivity index (χ0n) is 18.1. The average Bonchev–Trinajstić information content (AvgIpc) is 2.66. The van der Waals surface area contributed by atoms with Crippen molar-refractivity contribution in [1.29, 1.82) is 0 Å². The van der Waals surface area contributed by atoms with Crippen LogP contribution in [-0.4, -0.2) is 32.8 Å². The highest BCUT2D eigenvalue weighted by atomic mass is 16.5. The fourth-order valence-electron chi connectivity index (χ4n) is 4.68. The Hall–Kier alpha value is -1.84. The van der Waals surface area contributed by atoms with Gasteiger partial charge in [-0.3, -0.25) is 0 Å². The number of nitrogens with two attached hydrogens (primary N) is 1. The minimum Gasteiger partial charge on any atom is -0.378 e. The van der Waals surface area contributed by atoms with Gasteiger partial charge in [-0.15, -0.1) is 0 Å². The monoisotopic (exact) mass is 381 g/mol. The number of quaternary nitrogens is 1. The van der Waals surface area contributed by atoms with Gasteiger partial charge in [0.2, 0.25) is 0 Å². The van der Waals surface area contributed by atoms with Gasteiger partial charge in [-0.25, -0.2) is 0 Å². The smallest absolute Gasteiger partial charge is 0.101 e. The second-order valence-electron chi connectivity index (χ2n) is 9.29. The molecule has 1 atom stereocenters. The predicted molar refractivity (Wildman–Crippen MR) is 118 cm³/mol. The predicted octanol–water partition coefficient (Wildman–Crippen LogP) is 4.02. The van der Waals surface area contributed by atoms with Gasteiger partial charge in [0, 0.05) is 38.4 Å². The first-order valence-electron chi connectivity index (χ1n) is 10.6. The maximum atomic E-state index is 6.05. The average molecular weight is 382 g/mol. The molecule has 1 aliphatic heterocycles. The van der Waals surface area contributed by atoms with Gasteiger partial charge in [-0.05, 0) is 56.2 Å². The molecule has 2 aromatic carbocycles. The zero-order chi connectivity index (χ0) is 20.0. The van der Waals surface area contributed by atoms with Crippen LogP contribution in [0.3, 0.4) is 0 Å². The van der Waals surface area contributed by atoms with Crippen molar-refractivity contribution in [2.45, 2.75) is 51.7 Å². The van der Waals surface area contributed by atoms with Gasteiger partial charge in [-0.2, -0.15) is 0 Å². The van der Waals surface area contributed by atoms with Crippen LogP contribution >= 0.6 is 0 Å². The topological polar surface area (TPSA) is 29.1 Å². The van der Waals surface area contributed by atoms with Crippen LogP contribution < -0.4 is 10.2 Å². The Morgan fingerprint density at radius 1 is 0.964 bits per heavy atom.